The van der Waals surface area contributed by atoms with E-state index >= 15 is 0 Å². The van der Waals surface area contributed by atoms with Crippen molar-refractivity contribution in [1.29, 1.82) is 0 Å². The van der Waals surface area contributed by atoms with Crippen molar-refractivity contribution in [2.45, 2.75) is 18.2 Å². The number of halogens is 1. The molecule has 4 rings (SSSR count). The lowest BCUT2D eigenvalue weighted by molar-refractivity contribution is -0.128. The van der Waals surface area contributed by atoms with E-state index in [-0.39, 0.29) is 24.8 Å². The molecule has 0 saturated carbocycles. The SMILES string of the molecule is COc1ccc(N=C2SC(CC(=O)Nc3cccc(Cl)c3)C(=O)N2Cc2ccco2)cc1. The lowest BCUT2D eigenvalue weighted by atomic mass is 10.2. The van der Waals surface area contributed by atoms with Crippen molar-refractivity contribution in [3.63, 3.8) is 0 Å². The summed E-state index contributed by atoms with van der Waals surface area (Å²) in [6.07, 6.45) is 1.56. The molecule has 0 radical (unpaired) electrons. The molecule has 7 nitrogen and oxygen atoms in total. The van der Waals surface area contributed by atoms with Crippen LogP contribution in [0.5, 0.6) is 5.75 Å². The number of hydrogen-bond donors (Lipinski definition) is 1. The number of hydrogen-bond acceptors (Lipinski definition) is 6. The Hall–Kier alpha value is -3.23. The van der Waals surface area contributed by atoms with Gasteiger partial charge in [0.1, 0.15) is 16.8 Å². The highest BCUT2D eigenvalue weighted by atomic mass is 35.5. The molecule has 9 heteroatoms. The molecule has 1 aliphatic heterocycles. The predicted octanol–water partition coefficient (Wildman–Crippen LogP) is 5.10. The number of aliphatic imine (C=N–C) groups is 1. The maximum absolute atomic E-state index is 13.1. The Morgan fingerprint density at radius 3 is 2.72 bits per heavy atom. The van der Waals surface area contributed by atoms with Gasteiger partial charge in [0.25, 0.3) is 0 Å². The summed E-state index contributed by atoms with van der Waals surface area (Å²) in [4.78, 5) is 31.9. The number of methoxy groups -OCH3 is 1. The summed E-state index contributed by atoms with van der Waals surface area (Å²) >= 11 is 7.24. The first kappa shape index (κ1) is 22.0. The van der Waals surface area contributed by atoms with Crippen LogP contribution in [0.25, 0.3) is 0 Å². The number of carbonyl (C=O) groups is 2. The summed E-state index contributed by atoms with van der Waals surface area (Å²) < 4.78 is 10.6. The van der Waals surface area contributed by atoms with E-state index in [9.17, 15) is 9.59 Å². The third kappa shape index (κ3) is 5.33. The highest BCUT2D eigenvalue weighted by Gasteiger charge is 2.39. The maximum Gasteiger partial charge on any atom is 0.243 e. The van der Waals surface area contributed by atoms with Gasteiger partial charge >= 0.3 is 0 Å². The van der Waals surface area contributed by atoms with Gasteiger partial charge in [-0.1, -0.05) is 29.4 Å². The molecule has 2 amide bonds. The van der Waals surface area contributed by atoms with Gasteiger partial charge in [-0.3, -0.25) is 14.5 Å². The third-order valence-electron chi connectivity index (χ3n) is 4.69. The first-order chi connectivity index (χ1) is 15.5. The number of amidine groups is 1. The van der Waals surface area contributed by atoms with Gasteiger partial charge in [-0.15, -0.1) is 0 Å². The van der Waals surface area contributed by atoms with Crippen molar-refractivity contribution >= 4 is 51.7 Å². The quantitative estimate of drug-likeness (QED) is 0.520. The molecular formula is C23H20ClN3O4S. The average molecular weight is 470 g/mol. The molecule has 32 heavy (non-hydrogen) atoms. The van der Waals surface area contributed by atoms with E-state index < -0.39 is 5.25 Å². The Bertz CT molecular complexity index is 1130. The minimum absolute atomic E-state index is 0.00625. The molecule has 1 saturated heterocycles. The molecule has 1 unspecified atom stereocenters. The van der Waals surface area contributed by atoms with Gasteiger partial charge in [-0.05, 0) is 54.6 Å². The first-order valence-electron chi connectivity index (χ1n) is 9.80. The topological polar surface area (TPSA) is 84.1 Å². The molecule has 0 spiro atoms. The van der Waals surface area contributed by atoms with Crippen LogP contribution in [0, 0.1) is 0 Å². The zero-order chi connectivity index (χ0) is 22.5. The number of benzene rings is 2. The molecule has 1 aliphatic rings. The fourth-order valence-corrected chi connectivity index (χ4v) is 4.49. The van der Waals surface area contributed by atoms with Crippen LogP contribution in [-0.2, 0) is 16.1 Å². The summed E-state index contributed by atoms with van der Waals surface area (Å²) in [5, 5.41) is 3.22. The van der Waals surface area contributed by atoms with E-state index in [4.69, 9.17) is 20.8 Å². The van der Waals surface area contributed by atoms with Crippen LogP contribution in [0.1, 0.15) is 12.2 Å². The van der Waals surface area contributed by atoms with E-state index in [0.717, 1.165) is 0 Å². The summed E-state index contributed by atoms with van der Waals surface area (Å²) in [7, 11) is 1.59. The van der Waals surface area contributed by atoms with Crippen LogP contribution in [-0.4, -0.2) is 34.2 Å². The van der Waals surface area contributed by atoms with Gasteiger partial charge in [0.15, 0.2) is 5.17 Å². The number of nitrogens with one attached hydrogen (secondary N) is 1. The summed E-state index contributed by atoms with van der Waals surface area (Å²) in [5.41, 5.74) is 1.26. The van der Waals surface area contributed by atoms with Crippen molar-refractivity contribution in [2.75, 3.05) is 12.4 Å². The van der Waals surface area contributed by atoms with Gasteiger partial charge in [0.05, 0.1) is 25.6 Å². The van der Waals surface area contributed by atoms with Gasteiger partial charge in [0, 0.05) is 17.1 Å². The Balaban J connectivity index is 1.52. The van der Waals surface area contributed by atoms with Crippen LogP contribution >= 0.6 is 23.4 Å². The second-order valence-corrected chi connectivity index (χ2v) is 8.57. The van der Waals surface area contributed by atoms with E-state index in [1.165, 1.54) is 11.8 Å². The molecule has 0 aliphatic carbocycles. The normalized spacial score (nSPS) is 17.1. The molecule has 2 aromatic carbocycles. The van der Waals surface area contributed by atoms with Crippen molar-refractivity contribution in [2.24, 2.45) is 4.99 Å². The van der Waals surface area contributed by atoms with Crippen molar-refractivity contribution < 1.29 is 18.7 Å². The number of ether oxygens (including phenoxy) is 1. The van der Waals surface area contributed by atoms with E-state index in [0.29, 0.717) is 33.1 Å². The highest BCUT2D eigenvalue weighted by molar-refractivity contribution is 8.15. The Morgan fingerprint density at radius 1 is 1.22 bits per heavy atom. The number of carbonyl (C=O) groups excluding carboxylic acids is 2. The number of rotatable bonds is 7. The number of thioether (sulfide) groups is 1. The smallest absolute Gasteiger partial charge is 0.243 e. The Labute approximate surface area is 194 Å². The van der Waals surface area contributed by atoms with Crippen LogP contribution in [0.2, 0.25) is 5.02 Å². The summed E-state index contributed by atoms with van der Waals surface area (Å²) in [6, 6.07) is 17.6. The number of anilines is 1. The Kier molecular flexibility index (Phi) is 6.82. The molecule has 1 aromatic heterocycles. The molecule has 1 atom stereocenters. The van der Waals surface area contributed by atoms with Crippen molar-refractivity contribution in [3.8, 4) is 5.75 Å². The standard InChI is InChI=1S/C23H20ClN3O4S/c1-30-18-9-7-16(8-10-18)26-23-27(14-19-6-3-11-31-19)22(29)20(32-23)13-21(28)25-17-5-2-4-15(24)12-17/h2-12,20H,13-14H2,1H3,(H,25,28). The monoisotopic (exact) mass is 469 g/mol. The van der Waals surface area contributed by atoms with Crippen LogP contribution < -0.4 is 10.1 Å². The minimum Gasteiger partial charge on any atom is -0.497 e. The number of furan rings is 1. The molecule has 2 heterocycles. The highest BCUT2D eigenvalue weighted by Crippen LogP contribution is 2.33. The van der Waals surface area contributed by atoms with Crippen LogP contribution in [0.4, 0.5) is 11.4 Å². The Morgan fingerprint density at radius 2 is 2.03 bits per heavy atom. The first-order valence-corrected chi connectivity index (χ1v) is 11.1. The lowest BCUT2D eigenvalue weighted by Crippen LogP contribution is -2.33. The van der Waals surface area contributed by atoms with Crippen LogP contribution in [0.15, 0.2) is 76.3 Å². The molecular weight excluding hydrogens is 450 g/mol. The fourth-order valence-electron chi connectivity index (χ4n) is 3.14. The average Bonchev–Trinajstić information content (AvgIpc) is 3.39. The zero-order valence-electron chi connectivity index (χ0n) is 17.2. The second kappa shape index (κ2) is 9.93. The molecule has 3 aromatic rings. The van der Waals surface area contributed by atoms with Gasteiger partial charge in [-0.25, -0.2) is 4.99 Å². The van der Waals surface area contributed by atoms with Crippen molar-refractivity contribution in [1.82, 2.24) is 4.90 Å². The lowest BCUT2D eigenvalue weighted by Gasteiger charge is -2.15. The van der Waals surface area contributed by atoms with E-state index in [1.807, 2.05) is 0 Å². The number of nitrogens with zero attached hydrogens (tertiary/aromatic N) is 2. The third-order valence-corrected chi connectivity index (χ3v) is 6.10. The molecule has 1 N–H and O–H groups in total. The molecule has 164 valence electrons. The predicted molar refractivity (Wildman–Crippen MR) is 125 cm³/mol. The second-order valence-electron chi connectivity index (χ2n) is 6.97. The van der Waals surface area contributed by atoms with Crippen LogP contribution in [0.3, 0.4) is 0 Å². The van der Waals surface area contributed by atoms with E-state index in [2.05, 4.69) is 10.3 Å². The van der Waals surface area contributed by atoms with Gasteiger partial charge in [0.2, 0.25) is 11.8 Å². The van der Waals surface area contributed by atoms with Crippen molar-refractivity contribution in [3.05, 3.63) is 77.7 Å². The van der Waals surface area contributed by atoms with Gasteiger partial charge < -0.3 is 14.5 Å². The molecule has 1 fully saturated rings. The van der Waals surface area contributed by atoms with E-state index in [1.54, 1.807) is 78.9 Å². The summed E-state index contributed by atoms with van der Waals surface area (Å²) in [5.74, 6) is 0.874. The maximum atomic E-state index is 13.1. The summed E-state index contributed by atoms with van der Waals surface area (Å²) in [6.45, 7) is 0.236. The number of amides is 2. The zero-order valence-corrected chi connectivity index (χ0v) is 18.7. The fraction of sp³-hybridized carbons (Fsp3) is 0.174. The largest absolute Gasteiger partial charge is 0.497 e. The molecule has 0 bridgehead atoms. The van der Waals surface area contributed by atoms with Gasteiger partial charge in [-0.2, -0.15) is 0 Å². The minimum atomic E-state index is -0.596.